The Labute approximate surface area is 148 Å². The van der Waals surface area contributed by atoms with Crippen molar-refractivity contribution >= 4 is 5.91 Å². The number of nitrogens with one attached hydrogen (secondary N) is 2. The summed E-state index contributed by atoms with van der Waals surface area (Å²) >= 11 is 0. The molecule has 1 unspecified atom stereocenters. The van der Waals surface area contributed by atoms with Crippen molar-refractivity contribution in [1.29, 1.82) is 0 Å². The van der Waals surface area contributed by atoms with Crippen LogP contribution in [0.1, 0.15) is 36.8 Å². The van der Waals surface area contributed by atoms with E-state index in [1.807, 2.05) is 48.5 Å². The summed E-state index contributed by atoms with van der Waals surface area (Å²) in [7, 11) is 0. The Morgan fingerprint density at radius 3 is 2.40 bits per heavy atom. The average Bonchev–Trinajstić information content (AvgIpc) is 3.11. The van der Waals surface area contributed by atoms with E-state index in [9.17, 15) is 4.79 Å². The number of ether oxygens (including phenoxy) is 1. The second-order valence-corrected chi connectivity index (χ2v) is 6.96. The Balaban J connectivity index is 1.58. The zero-order valence-electron chi connectivity index (χ0n) is 14.6. The normalized spacial score (nSPS) is 22.0. The molecule has 2 aliphatic heterocycles. The van der Waals surface area contributed by atoms with Crippen molar-refractivity contribution in [2.75, 3.05) is 19.6 Å². The average molecular weight is 337 g/mol. The van der Waals surface area contributed by atoms with Gasteiger partial charge in [0, 0.05) is 24.0 Å². The maximum Gasteiger partial charge on any atom is 0.232 e. The molecule has 0 spiro atoms. The molecule has 0 radical (unpaired) electrons. The highest BCUT2D eigenvalue weighted by atomic mass is 16.5. The van der Waals surface area contributed by atoms with Crippen molar-refractivity contribution < 1.29 is 14.4 Å². The molecular weight excluding hydrogens is 312 g/mol. The molecule has 4 rings (SSSR count). The molecule has 2 heterocycles. The predicted molar refractivity (Wildman–Crippen MR) is 97.2 cm³/mol. The lowest BCUT2D eigenvalue weighted by atomic mass is 9.87. The van der Waals surface area contributed by atoms with E-state index in [4.69, 9.17) is 4.74 Å². The summed E-state index contributed by atoms with van der Waals surface area (Å²) in [6, 6.07) is 16.2. The topological polar surface area (TPSA) is 42.8 Å². The molecule has 2 N–H and O–H groups in total. The van der Waals surface area contributed by atoms with Gasteiger partial charge in [-0.1, -0.05) is 36.4 Å². The fourth-order valence-electron chi connectivity index (χ4n) is 4.21. The molecule has 130 valence electrons. The number of hydrogen-bond acceptors (Lipinski definition) is 2. The number of likely N-dealkylation sites (N-methyl/N-ethyl adjacent to an activating group) is 1. The number of hydrogen-bond donors (Lipinski definition) is 2. The molecule has 0 aliphatic carbocycles. The Bertz CT molecular complexity index is 728. The van der Waals surface area contributed by atoms with Crippen LogP contribution in [0.5, 0.6) is 11.5 Å². The molecule has 1 amide bonds. The number of rotatable bonds is 4. The Morgan fingerprint density at radius 1 is 1.12 bits per heavy atom. The van der Waals surface area contributed by atoms with Crippen LogP contribution < -0.4 is 15.0 Å². The zero-order chi connectivity index (χ0) is 17.2. The van der Waals surface area contributed by atoms with Crippen LogP contribution in [0.4, 0.5) is 0 Å². The standard InChI is InChI=1S/C21H24N2O2/c1-2-23-13-7-8-15(23)14-22-21(24)20-16-9-3-5-11-18(16)25-19-12-6-4-10-17(19)20/h3-6,9-12,15,20H,2,7-8,13-14H2,1H3,(H,22,24)/p+1/t15-/m1/s1. The highest BCUT2D eigenvalue weighted by molar-refractivity contribution is 5.89. The van der Waals surface area contributed by atoms with Gasteiger partial charge in [0.25, 0.3) is 0 Å². The lowest BCUT2D eigenvalue weighted by Gasteiger charge is -2.28. The minimum Gasteiger partial charge on any atom is -0.457 e. The zero-order valence-corrected chi connectivity index (χ0v) is 14.6. The summed E-state index contributed by atoms with van der Waals surface area (Å²) in [6.07, 6.45) is 2.46. The smallest absolute Gasteiger partial charge is 0.232 e. The fraction of sp³-hybridized carbons (Fsp3) is 0.381. The molecule has 2 aromatic carbocycles. The first-order valence-corrected chi connectivity index (χ1v) is 9.26. The molecule has 2 atom stereocenters. The fourth-order valence-corrected chi connectivity index (χ4v) is 4.21. The quantitative estimate of drug-likeness (QED) is 0.897. The van der Waals surface area contributed by atoms with Gasteiger partial charge in [-0.25, -0.2) is 0 Å². The molecule has 1 saturated heterocycles. The second-order valence-electron chi connectivity index (χ2n) is 6.96. The number of benzene rings is 2. The SMILES string of the molecule is CC[NH+]1CCC[C@@H]1CNC(=O)C1c2ccccc2Oc2ccccc21. The van der Waals surface area contributed by atoms with E-state index in [0.717, 1.165) is 35.7 Å². The number of fused-ring (bicyclic) bond motifs is 2. The van der Waals surface area contributed by atoms with E-state index in [2.05, 4.69) is 12.2 Å². The third-order valence-electron chi connectivity index (χ3n) is 5.55. The number of carbonyl (C=O) groups is 1. The van der Waals surface area contributed by atoms with Gasteiger partial charge in [-0.2, -0.15) is 0 Å². The summed E-state index contributed by atoms with van der Waals surface area (Å²) < 4.78 is 5.99. The molecular formula is C21H25N2O2+. The van der Waals surface area contributed by atoms with Gasteiger partial charge in [0.1, 0.15) is 17.5 Å². The minimum absolute atomic E-state index is 0.0746. The lowest BCUT2D eigenvalue weighted by Crippen LogP contribution is -3.14. The molecule has 1 fully saturated rings. The monoisotopic (exact) mass is 337 g/mol. The first-order valence-electron chi connectivity index (χ1n) is 9.26. The van der Waals surface area contributed by atoms with Crippen LogP contribution in [-0.2, 0) is 4.79 Å². The van der Waals surface area contributed by atoms with Gasteiger partial charge in [-0.15, -0.1) is 0 Å². The number of amides is 1. The Kier molecular flexibility index (Phi) is 4.45. The lowest BCUT2D eigenvalue weighted by molar-refractivity contribution is -0.909. The van der Waals surface area contributed by atoms with Crippen LogP contribution in [0, 0.1) is 0 Å². The van der Waals surface area contributed by atoms with Gasteiger partial charge in [-0.3, -0.25) is 4.79 Å². The van der Waals surface area contributed by atoms with Crippen molar-refractivity contribution in [1.82, 2.24) is 5.32 Å². The third kappa shape index (κ3) is 3.02. The van der Waals surface area contributed by atoms with Crippen LogP contribution in [0.15, 0.2) is 48.5 Å². The summed E-state index contributed by atoms with van der Waals surface area (Å²) in [5, 5.41) is 3.23. The summed E-state index contributed by atoms with van der Waals surface area (Å²) in [6.45, 7) is 5.33. The van der Waals surface area contributed by atoms with E-state index in [0.29, 0.717) is 6.04 Å². The largest absolute Gasteiger partial charge is 0.457 e. The minimum atomic E-state index is -0.298. The van der Waals surface area contributed by atoms with Crippen molar-refractivity contribution in [2.24, 2.45) is 0 Å². The van der Waals surface area contributed by atoms with Crippen LogP contribution in [0.25, 0.3) is 0 Å². The number of quaternary nitrogens is 1. The van der Waals surface area contributed by atoms with E-state index >= 15 is 0 Å². The summed E-state index contributed by atoms with van der Waals surface area (Å²) in [5.41, 5.74) is 1.90. The summed E-state index contributed by atoms with van der Waals surface area (Å²) in [4.78, 5) is 14.7. The third-order valence-corrected chi connectivity index (χ3v) is 5.55. The van der Waals surface area contributed by atoms with Crippen molar-refractivity contribution in [3.8, 4) is 11.5 Å². The van der Waals surface area contributed by atoms with Crippen LogP contribution >= 0.6 is 0 Å². The first kappa shape index (κ1) is 16.2. The van der Waals surface area contributed by atoms with E-state index < -0.39 is 0 Å². The first-order chi connectivity index (χ1) is 12.3. The second kappa shape index (κ2) is 6.89. The Hall–Kier alpha value is -2.33. The van der Waals surface area contributed by atoms with Crippen molar-refractivity contribution in [3.63, 3.8) is 0 Å². The molecule has 25 heavy (non-hydrogen) atoms. The van der Waals surface area contributed by atoms with Gasteiger partial charge in [-0.05, 0) is 19.1 Å². The number of carbonyl (C=O) groups excluding carboxylic acids is 1. The maximum absolute atomic E-state index is 13.1. The molecule has 0 aromatic heterocycles. The van der Waals surface area contributed by atoms with Gasteiger partial charge in [0.2, 0.25) is 5.91 Å². The van der Waals surface area contributed by atoms with Gasteiger partial charge in [0.05, 0.1) is 25.6 Å². The number of likely N-dealkylation sites (tertiary alicyclic amines) is 1. The van der Waals surface area contributed by atoms with Gasteiger partial charge < -0.3 is 15.0 Å². The molecule has 4 heteroatoms. The molecule has 4 nitrogen and oxygen atoms in total. The van der Waals surface area contributed by atoms with E-state index in [1.54, 1.807) is 4.90 Å². The molecule has 0 saturated carbocycles. The van der Waals surface area contributed by atoms with Crippen molar-refractivity contribution in [3.05, 3.63) is 59.7 Å². The highest BCUT2D eigenvalue weighted by Crippen LogP contribution is 2.43. The maximum atomic E-state index is 13.1. The van der Waals surface area contributed by atoms with Crippen molar-refractivity contribution in [2.45, 2.75) is 31.7 Å². The predicted octanol–water partition coefficient (Wildman–Crippen LogP) is 2.11. The summed E-state index contributed by atoms with van der Waals surface area (Å²) in [5.74, 6) is 1.34. The number of para-hydroxylation sites is 2. The Morgan fingerprint density at radius 2 is 1.76 bits per heavy atom. The molecule has 2 aromatic rings. The van der Waals surface area contributed by atoms with E-state index in [1.165, 1.54) is 19.4 Å². The van der Waals surface area contributed by atoms with E-state index in [-0.39, 0.29) is 11.8 Å². The van der Waals surface area contributed by atoms with Gasteiger partial charge >= 0.3 is 0 Å². The van der Waals surface area contributed by atoms with Gasteiger partial charge in [0.15, 0.2) is 0 Å². The molecule has 2 aliphatic rings. The van der Waals surface area contributed by atoms with Crippen LogP contribution in [0.3, 0.4) is 0 Å². The van der Waals surface area contributed by atoms with Crippen LogP contribution in [-0.4, -0.2) is 31.6 Å². The highest BCUT2D eigenvalue weighted by Gasteiger charge is 2.34. The van der Waals surface area contributed by atoms with Crippen LogP contribution in [0.2, 0.25) is 0 Å². The molecule has 0 bridgehead atoms.